The molecule has 3 aliphatic carbocycles. The van der Waals surface area contributed by atoms with Crippen LogP contribution < -0.4 is 5.73 Å². The zero-order valence-electron chi connectivity index (χ0n) is 12.4. The van der Waals surface area contributed by atoms with Gasteiger partial charge in [0.1, 0.15) is 0 Å². The van der Waals surface area contributed by atoms with Gasteiger partial charge in [-0.25, -0.2) is 0 Å². The number of fused-ring (bicyclic) bond motifs is 2. The molecule has 2 nitrogen and oxygen atoms in total. The number of likely N-dealkylation sites (tertiary alicyclic amines) is 1. The highest BCUT2D eigenvalue weighted by atomic mass is 15.2. The minimum absolute atomic E-state index is 0.420. The summed E-state index contributed by atoms with van der Waals surface area (Å²) in [6.07, 6.45) is 14.8. The summed E-state index contributed by atoms with van der Waals surface area (Å²) in [6, 6.07) is 0. The van der Waals surface area contributed by atoms with Crippen molar-refractivity contribution in [1.29, 1.82) is 0 Å². The topological polar surface area (TPSA) is 29.3 Å². The second kappa shape index (κ2) is 4.46. The van der Waals surface area contributed by atoms with Gasteiger partial charge in [-0.3, -0.25) is 4.90 Å². The minimum atomic E-state index is 0.420. The van der Waals surface area contributed by atoms with Crippen molar-refractivity contribution in [3.8, 4) is 0 Å². The van der Waals surface area contributed by atoms with Crippen molar-refractivity contribution in [2.45, 2.75) is 69.7 Å². The highest BCUT2D eigenvalue weighted by Crippen LogP contribution is 2.55. The lowest BCUT2D eigenvalue weighted by Gasteiger charge is -2.51. The Morgan fingerprint density at radius 1 is 1.00 bits per heavy atom. The summed E-state index contributed by atoms with van der Waals surface area (Å²) in [6.45, 7) is 3.61. The van der Waals surface area contributed by atoms with Crippen LogP contribution in [0.3, 0.4) is 0 Å². The van der Waals surface area contributed by atoms with Gasteiger partial charge in [0.15, 0.2) is 0 Å². The standard InChI is InChI=1S/C17H30N2/c18-13-17(12-14-3-4-15(17)11-14)19-9-7-16(8-10-19)5-1-2-6-16/h14-15H,1-13,18H2. The molecular formula is C17H30N2. The molecule has 1 saturated heterocycles. The van der Waals surface area contributed by atoms with Crippen LogP contribution in [0.1, 0.15) is 64.2 Å². The Labute approximate surface area is 118 Å². The lowest BCUT2D eigenvalue weighted by atomic mass is 9.73. The molecule has 2 bridgehead atoms. The zero-order chi connectivity index (χ0) is 12.9. The smallest absolute Gasteiger partial charge is 0.0362 e. The highest BCUT2D eigenvalue weighted by molar-refractivity contribution is 5.09. The molecule has 3 unspecified atom stereocenters. The summed E-state index contributed by atoms with van der Waals surface area (Å²) < 4.78 is 0. The quantitative estimate of drug-likeness (QED) is 0.828. The lowest BCUT2D eigenvalue weighted by Crippen LogP contribution is -2.60. The van der Waals surface area contributed by atoms with Crippen LogP contribution in [0.15, 0.2) is 0 Å². The first-order valence-corrected chi connectivity index (χ1v) is 8.72. The number of piperidine rings is 1. The molecule has 4 aliphatic rings. The molecule has 108 valence electrons. The second-order valence-electron chi connectivity index (χ2n) is 8.08. The van der Waals surface area contributed by atoms with Crippen LogP contribution in [0.5, 0.6) is 0 Å². The molecule has 4 rings (SSSR count). The van der Waals surface area contributed by atoms with Crippen molar-refractivity contribution < 1.29 is 0 Å². The molecule has 0 aromatic carbocycles. The van der Waals surface area contributed by atoms with E-state index in [0.29, 0.717) is 5.54 Å². The first-order valence-electron chi connectivity index (χ1n) is 8.72. The third-order valence-corrected chi connectivity index (χ3v) is 7.41. The molecule has 3 saturated carbocycles. The minimum Gasteiger partial charge on any atom is -0.329 e. The van der Waals surface area contributed by atoms with Crippen LogP contribution in [-0.4, -0.2) is 30.1 Å². The average Bonchev–Trinajstić information content (AvgIpc) is 3.15. The third-order valence-electron chi connectivity index (χ3n) is 7.41. The Kier molecular flexibility index (Phi) is 2.97. The van der Waals surface area contributed by atoms with Gasteiger partial charge in [-0.2, -0.15) is 0 Å². The Hall–Kier alpha value is -0.0800. The molecular weight excluding hydrogens is 232 g/mol. The van der Waals surface area contributed by atoms with Crippen LogP contribution >= 0.6 is 0 Å². The summed E-state index contributed by atoms with van der Waals surface area (Å²) in [5, 5.41) is 0. The Morgan fingerprint density at radius 3 is 2.26 bits per heavy atom. The monoisotopic (exact) mass is 262 g/mol. The number of hydrogen-bond acceptors (Lipinski definition) is 2. The van der Waals surface area contributed by atoms with E-state index in [-0.39, 0.29) is 0 Å². The summed E-state index contributed by atoms with van der Waals surface area (Å²) in [5.41, 5.74) is 7.46. The highest BCUT2D eigenvalue weighted by Gasteiger charge is 2.54. The summed E-state index contributed by atoms with van der Waals surface area (Å²) in [4.78, 5) is 2.85. The molecule has 3 atom stereocenters. The first-order chi connectivity index (χ1) is 9.26. The van der Waals surface area contributed by atoms with E-state index in [1.54, 1.807) is 0 Å². The van der Waals surface area contributed by atoms with Crippen molar-refractivity contribution >= 4 is 0 Å². The fourth-order valence-corrected chi connectivity index (χ4v) is 6.23. The van der Waals surface area contributed by atoms with Crippen molar-refractivity contribution in [2.75, 3.05) is 19.6 Å². The number of rotatable bonds is 2. The predicted octanol–water partition coefficient (Wildman–Crippen LogP) is 3.16. The van der Waals surface area contributed by atoms with Gasteiger partial charge in [-0.1, -0.05) is 19.3 Å². The van der Waals surface area contributed by atoms with Crippen LogP contribution in [0, 0.1) is 17.3 Å². The van der Waals surface area contributed by atoms with E-state index in [1.807, 2.05) is 0 Å². The molecule has 4 fully saturated rings. The molecule has 0 aromatic heterocycles. The number of hydrogen-bond donors (Lipinski definition) is 1. The molecule has 1 heterocycles. The molecule has 1 spiro atoms. The van der Waals surface area contributed by atoms with Crippen molar-refractivity contribution in [2.24, 2.45) is 23.0 Å². The van der Waals surface area contributed by atoms with E-state index in [2.05, 4.69) is 4.90 Å². The Balaban J connectivity index is 1.48. The van der Waals surface area contributed by atoms with Gasteiger partial charge in [0.05, 0.1) is 0 Å². The molecule has 0 radical (unpaired) electrons. The van der Waals surface area contributed by atoms with Gasteiger partial charge in [-0.05, 0) is 75.3 Å². The summed E-state index contributed by atoms with van der Waals surface area (Å²) in [5.74, 6) is 1.94. The van der Waals surface area contributed by atoms with Gasteiger partial charge in [-0.15, -0.1) is 0 Å². The normalized spacial score (nSPS) is 45.3. The maximum atomic E-state index is 6.29. The molecule has 0 amide bonds. The third kappa shape index (κ3) is 1.82. The summed E-state index contributed by atoms with van der Waals surface area (Å²) >= 11 is 0. The lowest BCUT2D eigenvalue weighted by molar-refractivity contribution is -0.00940. The van der Waals surface area contributed by atoms with Crippen LogP contribution in [0.4, 0.5) is 0 Å². The van der Waals surface area contributed by atoms with E-state index in [1.165, 1.54) is 77.3 Å². The van der Waals surface area contributed by atoms with Gasteiger partial charge >= 0.3 is 0 Å². The van der Waals surface area contributed by atoms with Gasteiger partial charge in [0.25, 0.3) is 0 Å². The van der Waals surface area contributed by atoms with Crippen molar-refractivity contribution in [3.63, 3.8) is 0 Å². The van der Waals surface area contributed by atoms with Crippen LogP contribution in [-0.2, 0) is 0 Å². The SMILES string of the molecule is NCC1(N2CCC3(CCCC3)CC2)CC2CCC1C2. The van der Waals surface area contributed by atoms with Gasteiger partial charge in [0, 0.05) is 12.1 Å². The van der Waals surface area contributed by atoms with E-state index in [9.17, 15) is 0 Å². The second-order valence-corrected chi connectivity index (χ2v) is 8.08. The van der Waals surface area contributed by atoms with Crippen LogP contribution in [0.2, 0.25) is 0 Å². The van der Waals surface area contributed by atoms with Crippen molar-refractivity contribution in [3.05, 3.63) is 0 Å². The zero-order valence-corrected chi connectivity index (χ0v) is 12.4. The van der Waals surface area contributed by atoms with Crippen molar-refractivity contribution in [1.82, 2.24) is 4.90 Å². The maximum absolute atomic E-state index is 6.29. The summed E-state index contributed by atoms with van der Waals surface area (Å²) in [7, 11) is 0. The largest absolute Gasteiger partial charge is 0.329 e. The average molecular weight is 262 g/mol. The van der Waals surface area contributed by atoms with E-state index in [0.717, 1.165) is 23.8 Å². The molecule has 1 aliphatic heterocycles. The van der Waals surface area contributed by atoms with Crippen LogP contribution in [0.25, 0.3) is 0 Å². The van der Waals surface area contributed by atoms with E-state index >= 15 is 0 Å². The predicted molar refractivity (Wildman–Crippen MR) is 78.9 cm³/mol. The Morgan fingerprint density at radius 2 is 1.74 bits per heavy atom. The molecule has 0 aromatic rings. The van der Waals surface area contributed by atoms with E-state index in [4.69, 9.17) is 5.73 Å². The molecule has 2 heteroatoms. The van der Waals surface area contributed by atoms with E-state index < -0.39 is 0 Å². The fraction of sp³-hybridized carbons (Fsp3) is 1.00. The first kappa shape index (κ1) is 12.6. The molecule has 2 N–H and O–H groups in total. The van der Waals surface area contributed by atoms with Gasteiger partial charge in [0.2, 0.25) is 0 Å². The number of nitrogens with two attached hydrogens (primary N) is 1. The van der Waals surface area contributed by atoms with Gasteiger partial charge < -0.3 is 5.73 Å². The molecule has 19 heavy (non-hydrogen) atoms. The maximum Gasteiger partial charge on any atom is 0.0362 e. The fourth-order valence-electron chi connectivity index (χ4n) is 6.23. The number of nitrogens with zero attached hydrogens (tertiary/aromatic N) is 1. The Bertz CT molecular complexity index is 337.